The monoisotopic (exact) mass is 588 g/mol. The summed E-state index contributed by atoms with van der Waals surface area (Å²) in [6.45, 7) is 11.3. The summed E-state index contributed by atoms with van der Waals surface area (Å²) in [5.74, 6) is 1.80. The molecular weight excluding hydrogens is 532 g/mol. The maximum absolute atomic E-state index is 5.99. The number of methoxy groups -OCH3 is 1. The van der Waals surface area contributed by atoms with Crippen molar-refractivity contribution >= 4 is 8.80 Å². The van der Waals surface area contributed by atoms with E-state index < -0.39 is 8.80 Å². The van der Waals surface area contributed by atoms with E-state index in [2.05, 4.69) is 43.3 Å². The van der Waals surface area contributed by atoms with Crippen molar-refractivity contribution < 1.29 is 27.5 Å². The zero-order chi connectivity index (χ0) is 29.6. The van der Waals surface area contributed by atoms with Crippen molar-refractivity contribution in [2.24, 2.45) is 0 Å². The third-order valence-corrected chi connectivity index (χ3v) is 10.4. The molecule has 0 amide bonds. The summed E-state index contributed by atoms with van der Waals surface area (Å²) in [7, 11) is -0.786. The van der Waals surface area contributed by atoms with Crippen LogP contribution < -0.4 is 9.47 Å². The Morgan fingerprint density at radius 3 is 1.44 bits per heavy atom. The van der Waals surface area contributed by atoms with Gasteiger partial charge >= 0.3 is 8.80 Å². The zero-order valence-electron chi connectivity index (χ0n) is 26.5. The van der Waals surface area contributed by atoms with Crippen molar-refractivity contribution in [3.8, 4) is 22.6 Å². The molecule has 2 aromatic carbocycles. The van der Waals surface area contributed by atoms with Crippen LogP contribution >= 0.6 is 0 Å². The van der Waals surface area contributed by atoms with Gasteiger partial charge in [0.2, 0.25) is 0 Å². The molecule has 0 spiro atoms. The molecule has 41 heavy (non-hydrogen) atoms. The smallest absolute Gasteiger partial charge is 0.494 e. The SMILES string of the molecule is CCO[Si](CCCOc1ccc(-c2ccc(OCCCCCCCCCC(CC)OC)cc2)cc1)(OCC)OCC. The largest absolute Gasteiger partial charge is 0.501 e. The minimum absolute atomic E-state index is 0.444. The van der Waals surface area contributed by atoms with Crippen LogP contribution in [0.3, 0.4) is 0 Å². The molecule has 7 heteroatoms. The van der Waals surface area contributed by atoms with Gasteiger partial charge < -0.3 is 27.5 Å². The van der Waals surface area contributed by atoms with E-state index in [0.717, 1.165) is 49.0 Å². The molecule has 1 atom stereocenters. The highest BCUT2D eigenvalue weighted by Gasteiger charge is 2.39. The summed E-state index contributed by atoms with van der Waals surface area (Å²) in [6.07, 6.45) is 12.5. The first kappa shape index (κ1) is 35.3. The first-order valence-corrected chi connectivity index (χ1v) is 17.9. The second kappa shape index (κ2) is 21.7. The van der Waals surface area contributed by atoms with Crippen LogP contribution in [0, 0.1) is 0 Å². The maximum Gasteiger partial charge on any atom is 0.501 e. The quantitative estimate of drug-likeness (QED) is 0.0852. The number of benzene rings is 2. The summed E-state index contributed by atoms with van der Waals surface area (Å²) in [4.78, 5) is 0. The Morgan fingerprint density at radius 1 is 0.561 bits per heavy atom. The molecule has 0 heterocycles. The van der Waals surface area contributed by atoms with Crippen molar-refractivity contribution in [1.82, 2.24) is 0 Å². The van der Waals surface area contributed by atoms with E-state index in [1.165, 1.54) is 50.5 Å². The van der Waals surface area contributed by atoms with Crippen LogP contribution in [0.4, 0.5) is 0 Å². The van der Waals surface area contributed by atoms with Gasteiger partial charge in [0.05, 0.1) is 19.3 Å². The predicted molar refractivity (Wildman–Crippen MR) is 171 cm³/mol. The van der Waals surface area contributed by atoms with Gasteiger partial charge in [0, 0.05) is 33.0 Å². The fourth-order valence-electron chi connectivity index (χ4n) is 5.00. The molecule has 2 aromatic rings. The van der Waals surface area contributed by atoms with E-state index >= 15 is 0 Å². The molecule has 0 N–H and O–H groups in total. The van der Waals surface area contributed by atoms with Crippen LogP contribution in [0.15, 0.2) is 48.5 Å². The van der Waals surface area contributed by atoms with Crippen molar-refractivity contribution in [3.05, 3.63) is 48.5 Å². The van der Waals surface area contributed by atoms with Gasteiger partial charge in [-0.3, -0.25) is 0 Å². The second-order valence-electron chi connectivity index (χ2n) is 10.4. The summed E-state index contributed by atoms with van der Waals surface area (Å²) < 4.78 is 35.2. The van der Waals surface area contributed by atoms with Crippen molar-refractivity contribution in [2.75, 3.05) is 40.1 Å². The minimum Gasteiger partial charge on any atom is -0.494 e. The Labute approximate surface area is 251 Å². The van der Waals surface area contributed by atoms with Crippen LogP contribution in [-0.4, -0.2) is 55.1 Å². The van der Waals surface area contributed by atoms with Crippen LogP contribution in [0.5, 0.6) is 11.5 Å². The number of rotatable bonds is 25. The Hall–Kier alpha value is -1.90. The minimum atomic E-state index is -2.61. The molecule has 0 bridgehead atoms. The average molecular weight is 589 g/mol. The number of ether oxygens (including phenoxy) is 3. The lowest BCUT2D eigenvalue weighted by molar-refractivity contribution is 0.0696. The number of hydrogen-bond acceptors (Lipinski definition) is 6. The summed E-state index contributed by atoms with van der Waals surface area (Å²) in [5.41, 5.74) is 2.33. The molecule has 1 unspecified atom stereocenters. The lowest BCUT2D eigenvalue weighted by Crippen LogP contribution is -2.46. The Morgan fingerprint density at radius 2 is 1.00 bits per heavy atom. The third-order valence-electron chi connectivity index (χ3n) is 7.26. The Balaban J connectivity index is 1.63. The van der Waals surface area contributed by atoms with Gasteiger partial charge in [0.1, 0.15) is 11.5 Å². The van der Waals surface area contributed by atoms with Gasteiger partial charge in [-0.15, -0.1) is 0 Å². The third kappa shape index (κ3) is 14.2. The first-order valence-electron chi connectivity index (χ1n) is 16.0. The Bertz CT molecular complexity index is 868. The van der Waals surface area contributed by atoms with Crippen molar-refractivity contribution in [3.63, 3.8) is 0 Å². The molecule has 0 saturated heterocycles. The van der Waals surface area contributed by atoms with Gasteiger partial charge in [0.15, 0.2) is 0 Å². The van der Waals surface area contributed by atoms with Crippen molar-refractivity contribution in [1.29, 1.82) is 0 Å². The number of hydrogen-bond donors (Lipinski definition) is 0. The lowest BCUT2D eigenvalue weighted by atomic mass is 10.1. The van der Waals surface area contributed by atoms with Crippen LogP contribution in [0.25, 0.3) is 11.1 Å². The molecule has 232 valence electrons. The van der Waals surface area contributed by atoms with Crippen LogP contribution in [-0.2, 0) is 18.0 Å². The Kier molecular flexibility index (Phi) is 18.7. The second-order valence-corrected chi connectivity index (χ2v) is 13.1. The predicted octanol–water partition coefficient (Wildman–Crippen LogP) is 9.10. The fraction of sp³-hybridized carbons (Fsp3) is 0.647. The summed E-state index contributed by atoms with van der Waals surface area (Å²) in [5, 5.41) is 0. The highest BCUT2D eigenvalue weighted by molar-refractivity contribution is 6.60. The molecule has 0 aliphatic rings. The van der Waals surface area contributed by atoms with E-state index in [4.69, 9.17) is 27.5 Å². The standard InChI is InChI=1S/C34H56O6Si/c1-6-32(35-5)18-15-13-11-10-12-14-16-27-36-33-23-19-30(20-24-33)31-21-25-34(26-22-31)37-28-17-29-41(38-7-2,39-8-3)40-9-4/h19-26,32H,6-18,27-29H2,1-5H3. The van der Waals surface area contributed by atoms with Gasteiger partial charge in [-0.25, -0.2) is 0 Å². The molecule has 0 radical (unpaired) electrons. The summed E-state index contributed by atoms with van der Waals surface area (Å²) in [6, 6.07) is 17.4. The molecule has 0 aliphatic carbocycles. The van der Waals surface area contributed by atoms with E-state index in [1.807, 2.05) is 40.0 Å². The lowest BCUT2D eigenvalue weighted by Gasteiger charge is -2.28. The van der Waals surface area contributed by atoms with Crippen LogP contribution in [0.2, 0.25) is 6.04 Å². The van der Waals surface area contributed by atoms with Crippen molar-refractivity contribution in [2.45, 2.75) is 104 Å². The fourth-order valence-corrected chi connectivity index (χ4v) is 7.58. The molecule has 0 aliphatic heterocycles. The van der Waals surface area contributed by atoms with Crippen LogP contribution in [0.1, 0.15) is 91.9 Å². The molecule has 0 saturated carbocycles. The molecule has 0 fully saturated rings. The average Bonchev–Trinajstić information content (AvgIpc) is 2.99. The van der Waals surface area contributed by atoms with E-state index in [1.54, 1.807) is 0 Å². The van der Waals surface area contributed by atoms with Gasteiger partial charge in [0.25, 0.3) is 0 Å². The molecule has 2 rings (SSSR count). The molecular formula is C34H56O6Si. The highest BCUT2D eigenvalue weighted by Crippen LogP contribution is 2.25. The zero-order valence-corrected chi connectivity index (χ0v) is 27.5. The maximum atomic E-state index is 5.99. The van der Waals surface area contributed by atoms with Gasteiger partial charge in [-0.1, -0.05) is 69.7 Å². The highest BCUT2D eigenvalue weighted by atomic mass is 28.4. The topological polar surface area (TPSA) is 55.4 Å². The van der Waals surface area contributed by atoms with Gasteiger partial charge in [-0.05, 0) is 81.8 Å². The molecule has 0 aromatic heterocycles. The van der Waals surface area contributed by atoms with E-state index in [0.29, 0.717) is 32.5 Å². The first-order chi connectivity index (χ1) is 20.1. The normalized spacial score (nSPS) is 12.4. The van der Waals surface area contributed by atoms with E-state index in [-0.39, 0.29) is 0 Å². The van der Waals surface area contributed by atoms with Gasteiger partial charge in [-0.2, -0.15) is 0 Å². The van der Waals surface area contributed by atoms with E-state index in [9.17, 15) is 0 Å². The molecule has 6 nitrogen and oxygen atoms in total. The summed E-state index contributed by atoms with van der Waals surface area (Å²) >= 11 is 0. The number of unbranched alkanes of at least 4 members (excludes halogenated alkanes) is 6.